The first-order valence-electron chi connectivity index (χ1n) is 7.58. The summed E-state index contributed by atoms with van der Waals surface area (Å²) in [6.07, 6.45) is 5.59. The van der Waals surface area contributed by atoms with E-state index in [2.05, 4.69) is 0 Å². The Labute approximate surface area is 121 Å². The van der Waals surface area contributed by atoms with Crippen LogP contribution in [-0.4, -0.2) is 30.0 Å². The Morgan fingerprint density at radius 1 is 1.20 bits per heavy atom. The summed E-state index contributed by atoms with van der Waals surface area (Å²) in [7, 11) is 1.91. The van der Waals surface area contributed by atoms with Gasteiger partial charge in [0.15, 0.2) is 6.10 Å². The van der Waals surface area contributed by atoms with Crippen molar-refractivity contribution in [3.8, 4) is 5.75 Å². The quantitative estimate of drug-likeness (QED) is 0.841. The van der Waals surface area contributed by atoms with Crippen LogP contribution in [0.5, 0.6) is 5.75 Å². The molecule has 1 fully saturated rings. The van der Waals surface area contributed by atoms with Crippen LogP contribution >= 0.6 is 0 Å². The third kappa shape index (κ3) is 3.75. The number of carbonyl (C=O) groups excluding carboxylic acids is 1. The fourth-order valence-electron chi connectivity index (χ4n) is 2.81. The Bertz CT molecular complexity index is 435. The Hall–Kier alpha value is -1.51. The van der Waals surface area contributed by atoms with Crippen LogP contribution in [0, 0.1) is 6.92 Å². The van der Waals surface area contributed by atoms with Gasteiger partial charge in [-0.1, -0.05) is 37.0 Å². The van der Waals surface area contributed by atoms with Gasteiger partial charge in [-0.25, -0.2) is 0 Å². The zero-order valence-electron chi connectivity index (χ0n) is 12.8. The van der Waals surface area contributed by atoms with Gasteiger partial charge in [0.1, 0.15) is 5.75 Å². The summed E-state index contributed by atoms with van der Waals surface area (Å²) < 4.78 is 5.75. The number of aryl methyl sites for hydroxylation is 1. The average molecular weight is 275 g/mol. The van der Waals surface area contributed by atoms with E-state index < -0.39 is 6.10 Å². The van der Waals surface area contributed by atoms with Crippen molar-refractivity contribution in [3.05, 3.63) is 29.8 Å². The molecule has 0 aromatic heterocycles. The molecule has 0 N–H and O–H groups in total. The summed E-state index contributed by atoms with van der Waals surface area (Å²) in [5, 5.41) is 0. The normalized spacial score (nSPS) is 17.6. The van der Waals surface area contributed by atoms with Gasteiger partial charge in [0.05, 0.1) is 0 Å². The molecule has 1 aliphatic rings. The van der Waals surface area contributed by atoms with Crippen LogP contribution in [0.3, 0.4) is 0 Å². The second kappa shape index (κ2) is 6.78. The second-order valence-electron chi connectivity index (χ2n) is 5.81. The minimum atomic E-state index is -0.426. The molecule has 0 saturated heterocycles. The molecule has 0 bridgehead atoms. The molecule has 0 unspecified atom stereocenters. The van der Waals surface area contributed by atoms with Crippen molar-refractivity contribution in [2.45, 2.75) is 58.1 Å². The summed E-state index contributed by atoms with van der Waals surface area (Å²) >= 11 is 0. The predicted molar refractivity (Wildman–Crippen MR) is 80.9 cm³/mol. The first kappa shape index (κ1) is 14.9. The summed E-state index contributed by atoms with van der Waals surface area (Å²) in [5.41, 5.74) is 1.19. The maximum atomic E-state index is 12.4. The van der Waals surface area contributed by atoms with Crippen LogP contribution in [0.15, 0.2) is 24.3 Å². The molecule has 3 nitrogen and oxygen atoms in total. The van der Waals surface area contributed by atoms with Crippen LogP contribution in [-0.2, 0) is 4.79 Å². The molecule has 1 amide bonds. The van der Waals surface area contributed by atoms with Crippen LogP contribution in [0.2, 0.25) is 0 Å². The van der Waals surface area contributed by atoms with Gasteiger partial charge in [-0.05, 0) is 38.8 Å². The Kier molecular flexibility index (Phi) is 5.05. The van der Waals surface area contributed by atoms with Crippen molar-refractivity contribution in [1.29, 1.82) is 0 Å². The van der Waals surface area contributed by atoms with Crippen molar-refractivity contribution < 1.29 is 9.53 Å². The van der Waals surface area contributed by atoms with Crippen LogP contribution in [0.1, 0.15) is 44.6 Å². The SMILES string of the molecule is Cc1ccc(O[C@@H](C)C(=O)N(C)C2CCCCC2)cc1. The van der Waals surface area contributed by atoms with Crippen molar-refractivity contribution in [2.24, 2.45) is 0 Å². The van der Waals surface area contributed by atoms with Gasteiger partial charge in [0, 0.05) is 13.1 Å². The van der Waals surface area contributed by atoms with Gasteiger partial charge in [0.2, 0.25) is 0 Å². The first-order chi connectivity index (χ1) is 9.58. The first-order valence-corrected chi connectivity index (χ1v) is 7.58. The number of rotatable bonds is 4. The highest BCUT2D eigenvalue weighted by atomic mass is 16.5. The zero-order valence-corrected chi connectivity index (χ0v) is 12.8. The van der Waals surface area contributed by atoms with Crippen molar-refractivity contribution in [1.82, 2.24) is 4.90 Å². The highest BCUT2D eigenvalue weighted by molar-refractivity contribution is 5.81. The van der Waals surface area contributed by atoms with Gasteiger partial charge in [-0.15, -0.1) is 0 Å². The number of amides is 1. The van der Waals surface area contributed by atoms with E-state index in [4.69, 9.17) is 4.74 Å². The minimum absolute atomic E-state index is 0.0810. The maximum absolute atomic E-state index is 12.4. The summed E-state index contributed by atoms with van der Waals surface area (Å²) in [6.45, 7) is 3.87. The van der Waals surface area contributed by atoms with E-state index in [1.165, 1.54) is 24.8 Å². The Morgan fingerprint density at radius 2 is 1.80 bits per heavy atom. The number of hydrogen-bond donors (Lipinski definition) is 0. The molecule has 0 heterocycles. The topological polar surface area (TPSA) is 29.5 Å². The van der Waals surface area contributed by atoms with E-state index in [-0.39, 0.29) is 5.91 Å². The molecule has 1 aliphatic carbocycles. The van der Waals surface area contributed by atoms with Crippen molar-refractivity contribution in [2.75, 3.05) is 7.05 Å². The molecule has 1 aromatic carbocycles. The standard InChI is InChI=1S/C17H25NO2/c1-13-9-11-16(12-10-13)20-14(2)17(19)18(3)15-7-5-4-6-8-15/h9-12,14-15H,4-8H2,1-3H3/t14-/m0/s1. The summed E-state index contributed by atoms with van der Waals surface area (Å²) in [6, 6.07) is 8.22. The molecule has 1 aromatic rings. The molecule has 110 valence electrons. The molecule has 0 spiro atoms. The average Bonchev–Trinajstić information content (AvgIpc) is 2.49. The van der Waals surface area contributed by atoms with Gasteiger partial charge in [-0.3, -0.25) is 4.79 Å². The van der Waals surface area contributed by atoms with E-state index in [0.29, 0.717) is 6.04 Å². The molecular formula is C17H25NO2. The van der Waals surface area contributed by atoms with Crippen LogP contribution in [0.4, 0.5) is 0 Å². The Morgan fingerprint density at radius 3 is 2.40 bits per heavy atom. The van der Waals surface area contributed by atoms with E-state index in [1.54, 1.807) is 0 Å². The van der Waals surface area contributed by atoms with Gasteiger partial charge in [-0.2, -0.15) is 0 Å². The zero-order chi connectivity index (χ0) is 14.5. The maximum Gasteiger partial charge on any atom is 0.263 e. The lowest BCUT2D eigenvalue weighted by atomic mass is 9.94. The molecule has 1 atom stereocenters. The van der Waals surface area contributed by atoms with E-state index in [9.17, 15) is 4.79 Å². The van der Waals surface area contributed by atoms with Gasteiger partial charge < -0.3 is 9.64 Å². The van der Waals surface area contributed by atoms with Crippen molar-refractivity contribution >= 4 is 5.91 Å². The number of likely N-dealkylation sites (N-methyl/N-ethyl adjacent to an activating group) is 1. The van der Waals surface area contributed by atoms with E-state index in [0.717, 1.165) is 18.6 Å². The number of hydrogen-bond acceptors (Lipinski definition) is 2. The second-order valence-corrected chi connectivity index (χ2v) is 5.81. The smallest absolute Gasteiger partial charge is 0.263 e. The molecule has 1 saturated carbocycles. The molecule has 3 heteroatoms. The Balaban J connectivity index is 1.92. The number of benzene rings is 1. The number of carbonyl (C=O) groups is 1. The highest BCUT2D eigenvalue weighted by Gasteiger charge is 2.26. The van der Waals surface area contributed by atoms with E-state index in [1.807, 2.05) is 50.1 Å². The van der Waals surface area contributed by atoms with Gasteiger partial charge in [0.25, 0.3) is 5.91 Å². The fraction of sp³-hybridized carbons (Fsp3) is 0.588. The lowest BCUT2D eigenvalue weighted by Crippen LogP contribution is -2.44. The number of ether oxygens (including phenoxy) is 1. The van der Waals surface area contributed by atoms with Crippen LogP contribution < -0.4 is 4.74 Å². The van der Waals surface area contributed by atoms with Crippen LogP contribution in [0.25, 0.3) is 0 Å². The number of nitrogens with zero attached hydrogens (tertiary/aromatic N) is 1. The minimum Gasteiger partial charge on any atom is -0.481 e. The van der Waals surface area contributed by atoms with Crippen molar-refractivity contribution in [3.63, 3.8) is 0 Å². The molecule has 20 heavy (non-hydrogen) atoms. The fourth-order valence-corrected chi connectivity index (χ4v) is 2.81. The monoisotopic (exact) mass is 275 g/mol. The molecular weight excluding hydrogens is 250 g/mol. The highest BCUT2D eigenvalue weighted by Crippen LogP contribution is 2.22. The lowest BCUT2D eigenvalue weighted by Gasteiger charge is -2.32. The molecule has 0 radical (unpaired) electrons. The van der Waals surface area contributed by atoms with E-state index >= 15 is 0 Å². The third-order valence-corrected chi connectivity index (χ3v) is 4.15. The third-order valence-electron chi connectivity index (χ3n) is 4.15. The summed E-state index contributed by atoms with van der Waals surface area (Å²) in [4.78, 5) is 14.3. The van der Waals surface area contributed by atoms with Gasteiger partial charge >= 0.3 is 0 Å². The predicted octanol–water partition coefficient (Wildman–Crippen LogP) is 3.55. The lowest BCUT2D eigenvalue weighted by molar-refractivity contribution is -0.139. The summed E-state index contributed by atoms with van der Waals surface area (Å²) in [5.74, 6) is 0.839. The largest absolute Gasteiger partial charge is 0.481 e. The molecule has 2 rings (SSSR count). The molecule has 0 aliphatic heterocycles.